The van der Waals surface area contributed by atoms with Gasteiger partial charge in [0.1, 0.15) is 11.5 Å². The molecule has 0 bridgehead atoms. The molecule has 0 radical (unpaired) electrons. The SMILES string of the molecule is Cc1ccc(-n2cc(C)c(C)n2)c(F)c1. The van der Waals surface area contributed by atoms with E-state index >= 15 is 0 Å². The van der Waals surface area contributed by atoms with Crippen molar-refractivity contribution in [3.05, 3.63) is 47.0 Å². The smallest absolute Gasteiger partial charge is 0.149 e. The van der Waals surface area contributed by atoms with E-state index in [0.29, 0.717) is 5.69 Å². The van der Waals surface area contributed by atoms with E-state index < -0.39 is 0 Å². The maximum Gasteiger partial charge on any atom is 0.149 e. The van der Waals surface area contributed by atoms with Gasteiger partial charge in [0, 0.05) is 6.20 Å². The van der Waals surface area contributed by atoms with E-state index in [1.807, 2.05) is 33.0 Å². The lowest BCUT2D eigenvalue weighted by molar-refractivity contribution is 0.609. The van der Waals surface area contributed by atoms with Gasteiger partial charge in [-0.05, 0) is 44.0 Å². The molecule has 1 aromatic carbocycles. The summed E-state index contributed by atoms with van der Waals surface area (Å²) in [7, 11) is 0. The average Bonchev–Trinajstić information content (AvgIpc) is 2.46. The Morgan fingerprint density at radius 1 is 1.20 bits per heavy atom. The molecule has 0 spiro atoms. The Morgan fingerprint density at radius 2 is 1.93 bits per heavy atom. The van der Waals surface area contributed by atoms with Gasteiger partial charge in [0.2, 0.25) is 0 Å². The normalized spacial score (nSPS) is 10.7. The van der Waals surface area contributed by atoms with E-state index in [0.717, 1.165) is 16.8 Å². The molecule has 0 fully saturated rings. The van der Waals surface area contributed by atoms with Gasteiger partial charge in [0.05, 0.1) is 5.69 Å². The minimum atomic E-state index is -0.238. The summed E-state index contributed by atoms with van der Waals surface area (Å²) in [5.41, 5.74) is 3.40. The molecular formula is C12H13FN2. The first kappa shape index (κ1) is 9.90. The second kappa shape index (κ2) is 3.50. The summed E-state index contributed by atoms with van der Waals surface area (Å²) in [4.78, 5) is 0. The largest absolute Gasteiger partial charge is 0.237 e. The summed E-state index contributed by atoms with van der Waals surface area (Å²) in [6, 6.07) is 5.14. The van der Waals surface area contributed by atoms with E-state index in [2.05, 4.69) is 5.10 Å². The maximum atomic E-state index is 13.6. The van der Waals surface area contributed by atoms with E-state index in [1.165, 1.54) is 6.07 Å². The number of hydrogen-bond donors (Lipinski definition) is 0. The zero-order chi connectivity index (χ0) is 11.0. The zero-order valence-corrected chi connectivity index (χ0v) is 9.08. The van der Waals surface area contributed by atoms with Gasteiger partial charge in [-0.15, -0.1) is 0 Å². The molecule has 0 saturated heterocycles. The summed E-state index contributed by atoms with van der Waals surface area (Å²) >= 11 is 0. The van der Waals surface area contributed by atoms with E-state index in [4.69, 9.17) is 0 Å². The van der Waals surface area contributed by atoms with E-state index in [9.17, 15) is 4.39 Å². The predicted octanol–water partition coefficient (Wildman–Crippen LogP) is 2.94. The number of aryl methyl sites for hydroxylation is 3. The van der Waals surface area contributed by atoms with Crippen LogP contribution >= 0.6 is 0 Å². The van der Waals surface area contributed by atoms with Crippen LogP contribution in [0.15, 0.2) is 24.4 Å². The van der Waals surface area contributed by atoms with Gasteiger partial charge in [-0.3, -0.25) is 0 Å². The Labute approximate surface area is 88.4 Å². The molecule has 0 N–H and O–H groups in total. The molecule has 2 aromatic rings. The van der Waals surface area contributed by atoms with Crippen LogP contribution in [-0.2, 0) is 0 Å². The van der Waals surface area contributed by atoms with Gasteiger partial charge in [-0.2, -0.15) is 5.10 Å². The Hall–Kier alpha value is -1.64. The van der Waals surface area contributed by atoms with Crippen molar-refractivity contribution < 1.29 is 4.39 Å². The Kier molecular flexibility index (Phi) is 2.31. The van der Waals surface area contributed by atoms with Crippen molar-refractivity contribution >= 4 is 0 Å². The highest BCUT2D eigenvalue weighted by Gasteiger charge is 2.07. The van der Waals surface area contributed by atoms with E-state index in [-0.39, 0.29) is 5.82 Å². The number of halogens is 1. The number of hydrogen-bond acceptors (Lipinski definition) is 1. The highest BCUT2D eigenvalue weighted by molar-refractivity contribution is 5.36. The summed E-state index contributed by atoms with van der Waals surface area (Å²) in [5, 5.41) is 4.25. The minimum Gasteiger partial charge on any atom is -0.237 e. The van der Waals surface area contributed by atoms with Crippen molar-refractivity contribution in [3.63, 3.8) is 0 Å². The van der Waals surface area contributed by atoms with Crippen molar-refractivity contribution in [2.75, 3.05) is 0 Å². The third-order valence-corrected chi connectivity index (χ3v) is 2.49. The molecule has 1 aromatic heterocycles. The molecule has 0 aliphatic rings. The second-order valence-electron chi connectivity index (χ2n) is 3.80. The third-order valence-electron chi connectivity index (χ3n) is 2.49. The Morgan fingerprint density at radius 3 is 2.47 bits per heavy atom. The van der Waals surface area contributed by atoms with Crippen molar-refractivity contribution in [3.8, 4) is 5.69 Å². The third kappa shape index (κ3) is 1.77. The summed E-state index contributed by atoms with van der Waals surface area (Å²) in [6.45, 7) is 5.75. The first-order valence-electron chi connectivity index (χ1n) is 4.87. The van der Waals surface area contributed by atoms with Gasteiger partial charge in [0.25, 0.3) is 0 Å². The fraction of sp³-hybridized carbons (Fsp3) is 0.250. The number of aromatic nitrogens is 2. The fourth-order valence-electron chi connectivity index (χ4n) is 1.47. The lowest BCUT2D eigenvalue weighted by Crippen LogP contribution is -1.98. The second-order valence-corrected chi connectivity index (χ2v) is 3.80. The van der Waals surface area contributed by atoms with Crippen LogP contribution in [0.5, 0.6) is 0 Å². The van der Waals surface area contributed by atoms with E-state index in [1.54, 1.807) is 10.7 Å². The number of rotatable bonds is 1. The highest BCUT2D eigenvalue weighted by atomic mass is 19.1. The molecule has 0 aliphatic carbocycles. The molecule has 0 aliphatic heterocycles. The summed E-state index contributed by atoms with van der Waals surface area (Å²) in [5.74, 6) is -0.238. The van der Waals surface area contributed by atoms with Gasteiger partial charge in [-0.1, -0.05) is 6.07 Å². The number of benzene rings is 1. The minimum absolute atomic E-state index is 0.238. The molecule has 0 atom stereocenters. The van der Waals surface area contributed by atoms with Crippen molar-refractivity contribution in [2.45, 2.75) is 20.8 Å². The van der Waals surface area contributed by atoms with Crippen molar-refractivity contribution in [1.82, 2.24) is 9.78 Å². The van der Waals surface area contributed by atoms with Crippen LogP contribution in [0.1, 0.15) is 16.8 Å². The van der Waals surface area contributed by atoms with Crippen LogP contribution in [0, 0.1) is 26.6 Å². The molecule has 2 nitrogen and oxygen atoms in total. The van der Waals surface area contributed by atoms with Gasteiger partial charge in [-0.25, -0.2) is 9.07 Å². The van der Waals surface area contributed by atoms with Crippen LogP contribution in [0.4, 0.5) is 4.39 Å². The predicted molar refractivity (Wildman–Crippen MR) is 57.7 cm³/mol. The lowest BCUT2D eigenvalue weighted by Gasteiger charge is -2.03. The zero-order valence-electron chi connectivity index (χ0n) is 9.08. The summed E-state index contributed by atoms with van der Waals surface area (Å²) in [6.07, 6.45) is 1.84. The molecule has 0 unspecified atom stereocenters. The molecule has 1 heterocycles. The maximum absolute atomic E-state index is 13.6. The first-order valence-corrected chi connectivity index (χ1v) is 4.87. The highest BCUT2D eigenvalue weighted by Crippen LogP contribution is 2.16. The van der Waals surface area contributed by atoms with Crippen LogP contribution in [0.25, 0.3) is 5.69 Å². The summed E-state index contributed by atoms with van der Waals surface area (Å²) < 4.78 is 15.2. The number of nitrogens with zero attached hydrogens (tertiary/aromatic N) is 2. The van der Waals surface area contributed by atoms with Crippen LogP contribution in [0.2, 0.25) is 0 Å². The monoisotopic (exact) mass is 204 g/mol. The lowest BCUT2D eigenvalue weighted by atomic mass is 10.2. The standard InChI is InChI=1S/C12H13FN2/c1-8-4-5-12(11(13)6-8)15-7-9(2)10(3)14-15/h4-7H,1-3H3. The quantitative estimate of drug-likeness (QED) is 0.698. The first-order chi connectivity index (χ1) is 7.08. The molecule has 15 heavy (non-hydrogen) atoms. The van der Waals surface area contributed by atoms with Crippen LogP contribution in [-0.4, -0.2) is 9.78 Å². The molecule has 78 valence electrons. The fourth-order valence-corrected chi connectivity index (χ4v) is 1.47. The van der Waals surface area contributed by atoms with Gasteiger partial charge >= 0.3 is 0 Å². The molecular weight excluding hydrogens is 191 g/mol. The Balaban J connectivity index is 2.54. The molecule has 3 heteroatoms. The molecule has 2 rings (SSSR count). The van der Waals surface area contributed by atoms with Gasteiger partial charge < -0.3 is 0 Å². The van der Waals surface area contributed by atoms with Gasteiger partial charge in [0.15, 0.2) is 0 Å². The van der Waals surface area contributed by atoms with Crippen LogP contribution < -0.4 is 0 Å². The molecule has 0 saturated carbocycles. The van der Waals surface area contributed by atoms with Crippen LogP contribution in [0.3, 0.4) is 0 Å². The molecule has 0 amide bonds. The topological polar surface area (TPSA) is 17.8 Å². The van der Waals surface area contributed by atoms with Crippen molar-refractivity contribution in [2.24, 2.45) is 0 Å². The Bertz CT molecular complexity index is 481. The van der Waals surface area contributed by atoms with Crippen molar-refractivity contribution in [1.29, 1.82) is 0 Å². The average molecular weight is 204 g/mol.